The van der Waals surface area contributed by atoms with Gasteiger partial charge in [0.05, 0.1) is 30.0 Å². The Bertz CT molecular complexity index is 1980. The summed E-state index contributed by atoms with van der Waals surface area (Å²) < 4.78 is 1.49. The second-order valence-electron chi connectivity index (χ2n) is 15.4. The molecule has 2 heterocycles. The Labute approximate surface area is 331 Å². The first-order valence-corrected chi connectivity index (χ1v) is 19.5. The topological polar surface area (TPSA) is 255 Å². The van der Waals surface area contributed by atoms with E-state index in [1.165, 1.54) is 15.8 Å². The van der Waals surface area contributed by atoms with Crippen molar-refractivity contribution in [3.8, 4) is 6.07 Å². The quantitative estimate of drug-likeness (QED) is 0.0660. The van der Waals surface area contributed by atoms with Gasteiger partial charge in [-0.25, -0.2) is 9.48 Å². The molecule has 0 radical (unpaired) electrons. The standard InChI is InChI=1S/C40H52N10O7/c1-40(2,57)33-23-45-48-50(33)29-22-32(37(54)46-30(34(51)35(42)52)14-8-9-18-43-39(56)44-19-17-41)49(24-29)38(55)31(20-25-10-4-3-5-11-25)47-36(53)28-16-15-26-12-6-7-13-27(26)21-28/h6-7,12-13,15-16,21,23,25,29-32,57H,3-5,8-11,14,18-20,22,24H2,1-2H3,(H2,42,52)(H,46,54)(H,47,53)(H2,43,44,56)/t29-,30?,31+,32-/m0/s1. The van der Waals surface area contributed by atoms with Crippen LogP contribution in [0.1, 0.15) is 100 Å². The molecule has 0 bridgehead atoms. The van der Waals surface area contributed by atoms with Gasteiger partial charge < -0.3 is 37.0 Å². The number of hydrogen-bond donors (Lipinski definition) is 6. The van der Waals surface area contributed by atoms with E-state index in [2.05, 4.69) is 31.6 Å². The number of Topliss-reactive ketones (excluding diaryl/α,β-unsaturated/α-hetero) is 1. The van der Waals surface area contributed by atoms with Gasteiger partial charge in [0.2, 0.25) is 17.6 Å². The number of urea groups is 1. The Morgan fingerprint density at radius 3 is 2.42 bits per heavy atom. The van der Waals surface area contributed by atoms with E-state index in [-0.39, 0.29) is 38.4 Å². The highest BCUT2D eigenvalue weighted by Gasteiger charge is 2.45. The Morgan fingerprint density at radius 2 is 1.72 bits per heavy atom. The molecular formula is C40H52N10O7. The fourth-order valence-electron chi connectivity index (χ4n) is 7.75. The number of carbonyl (C=O) groups excluding carboxylic acids is 6. The molecular weight excluding hydrogens is 733 g/mol. The molecule has 6 amide bonds. The van der Waals surface area contributed by atoms with Gasteiger partial charge in [0.25, 0.3) is 11.8 Å². The van der Waals surface area contributed by atoms with Crippen molar-refractivity contribution in [3.05, 3.63) is 59.9 Å². The van der Waals surface area contributed by atoms with Crippen LogP contribution in [0, 0.1) is 17.2 Å². The van der Waals surface area contributed by atoms with Crippen LogP contribution in [0.15, 0.2) is 48.7 Å². The van der Waals surface area contributed by atoms with Crippen LogP contribution in [0.5, 0.6) is 0 Å². The van der Waals surface area contributed by atoms with Crippen LogP contribution in [0.4, 0.5) is 4.79 Å². The molecule has 1 saturated carbocycles. The monoisotopic (exact) mass is 784 g/mol. The Kier molecular flexibility index (Phi) is 14.3. The summed E-state index contributed by atoms with van der Waals surface area (Å²) in [6, 6.07) is 10.1. The molecule has 57 heavy (non-hydrogen) atoms. The molecule has 1 aliphatic carbocycles. The van der Waals surface area contributed by atoms with Crippen molar-refractivity contribution in [1.29, 1.82) is 5.26 Å². The number of nitrogens with zero attached hydrogens (tertiary/aromatic N) is 5. The lowest BCUT2D eigenvalue weighted by Crippen LogP contribution is -2.56. The molecule has 2 aromatic carbocycles. The minimum absolute atomic E-state index is 0.0111. The fourth-order valence-corrected chi connectivity index (χ4v) is 7.75. The number of unbranched alkanes of at least 4 members (excludes halogenated alkanes) is 1. The highest BCUT2D eigenvalue weighted by Crippen LogP contribution is 2.33. The molecule has 1 aromatic heterocycles. The number of ketones is 1. The maximum Gasteiger partial charge on any atom is 0.315 e. The number of amides is 6. The van der Waals surface area contributed by atoms with E-state index < -0.39 is 65.2 Å². The van der Waals surface area contributed by atoms with E-state index in [4.69, 9.17) is 11.0 Å². The van der Waals surface area contributed by atoms with Crippen LogP contribution < -0.4 is 27.0 Å². The van der Waals surface area contributed by atoms with Crippen LogP contribution in [0.25, 0.3) is 10.8 Å². The second-order valence-corrected chi connectivity index (χ2v) is 15.4. The Balaban J connectivity index is 1.40. The first-order chi connectivity index (χ1) is 27.3. The summed E-state index contributed by atoms with van der Waals surface area (Å²) in [6.07, 6.45) is 7.39. The maximum absolute atomic E-state index is 14.8. The number of fused-ring (bicyclic) bond motifs is 1. The third-order valence-corrected chi connectivity index (χ3v) is 10.7. The fraction of sp³-hybridized carbons (Fsp3) is 0.525. The van der Waals surface area contributed by atoms with Crippen molar-refractivity contribution >= 4 is 46.2 Å². The average molecular weight is 785 g/mol. The number of nitrogens with one attached hydrogen (secondary N) is 4. The van der Waals surface area contributed by atoms with Crippen molar-refractivity contribution in [2.75, 3.05) is 19.6 Å². The molecule has 1 unspecified atom stereocenters. The lowest BCUT2D eigenvalue weighted by atomic mass is 9.84. The van der Waals surface area contributed by atoms with Gasteiger partial charge in [-0.2, -0.15) is 5.26 Å². The van der Waals surface area contributed by atoms with Gasteiger partial charge in [0.1, 0.15) is 24.2 Å². The molecule has 17 nitrogen and oxygen atoms in total. The van der Waals surface area contributed by atoms with E-state index in [9.17, 15) is 33.9 Å². The van der Waals surface area contributed by atoms with E-state index in [1.54, 1.807) is 32.0 Å². The normalized spacial score (nSPS) is 18.2. The molecule has 17 heteroatoms. The minimum atomic E-state index is -1.36. The summed E-state index contributed by atoms with van der Waals surface area (Å²) in [4.78, 5) is 81.2. The van der Waals surface area contributed by atoms with Crippen molar-refractivity contribution in [3.63, 3.8) is 0 Å². The number of benzene rings is 2. The summed E-state index contributed by atoms with van der Waals surface area (Å²) in [6.45, 7) is 3.15. The lowest BCUT2D eigenvalue weighted by Gasteiger charge is -2.32. The van der Waals surface area contributed by atoms with Crippen molar-refractivity contribution < 1.29 is 33.9 Å². The number of aliphatic hydroxyl groups is 1. The van der Waals surface area contributed by atoms with Gasteiger partial charge in [0.15, 0.2) is 0 Å². The summed E-state index contributed by atoms with van der Waals surface area (Å²) in [7, 11) is 0. The number of rotatable bonds is 17. The number of aromatic nitrogens is 3. The zero-order valence-corrected chi connectivity index (χ0v) is 32.4. The third kappa shape index (κ3) is 11.1. The van der Waals surface area contributed by atoms with Gasteiger partial charge in [0, 0.05) is 25.1 Å². The number of nitriles is 1. The molecule has 1 saturated heterocycles. The summed E-state index contributed by atoms with van der Waals surface area (Å²) in [5.41, 5.74) is 4.76. The molecule has 4 atom stereocenters. The predicted octanol–water partition coefficient (Wildman–Crippen LogP) is 2.10. The van der Waals surface area contributed by atoms with E-state index >= 15 is 0 Å². The van der Waals surface area contributed by atoms with Gasteiger partial charge in [-0.1, -0.05) is 67.6 Å². The van der Waals surface area contributed by atoms with E-state index in [0.717, 1.165) is 42.9 Å². The molecule has 0 spiro atoms. The largest absolute Gasteiger partial charge is 0.384 e. The molecule has 2 fully saturated rings. The highest BCUT2D eigenvalue weighted by molar-refractivity contribution is 6.37. The first kappa shape index (κ1) is 42.3. The number of carbonyl (C=O) groups is 6. The summed E-state index contributed by atoms with van der Waals surface area (Å²) in [5.74, 6) is -3.72. The van der Waals surface area contributed by atoms with Gasteiger partial charge in [-0.15, -0.1) is 5.10 Å². The second kappa shape index (κ2) is 19.3. The SMILES string of the molecule is CC(C)(O)c1cnnn1[C@H]1C[C@@H](C(=O)NC(CCCCNC(=O)NCC#N)C(=O)C(N)=O)N(C(=O)[C@@H](CC2CCCCC2)NC(=O)c2ccc3ccccc3c2)C1. The zero-order valence-electron chi connectivity index (χ0n) is 32.4. The summed E-state index contributed by atoms with van der Waals surface area (Å²) >= 11 is 0. The smallest absolute Gasteiger partial charge is 0.315 e. The minimum Gasteiger partial charge on any atom is -0.384 e. The van der Waals surface area contributed by atoms with Gasteiger partial charge in [-0.3, -0.25) is 24.0 Å². The van der Waals surface area contributed by atoms with Crippen LogP contribution in [0.2, 0.25) is 0 Å². The molecule has 1 aliphatic heterocycles. The zero-order chi connectivity index (χ0) is 41.1. The molecule has 5 rings (SSSR count). The number of likely N-dealkylation sites (tertiary alicyclic amines) is 1. The van der Waals surface area contributed by atoms with E-state index in [1.807, 2.05) is 30.3 Å². The lowest BCUT2D eigenvalue weighted by molar-refractivity contribution is -0.142. The predicted molar refractivity (Wildman–Crippen MR) is 208 cm³/mol. The highest BCUT2D eigenvalue weighted by atomic mass is 16.3. The van der Waals surface area contributed by atoms with Gasteiger partial charge >= 0.3 is 6.03 Å². The Morgan fingerprint density at radius 1 is 0.982 bits per heavy atom. The van der Waals surface area contributed by atoms with Crippen molar-refractivity contribution in [2.24, 2.45) is 11.7 Å². The average Bonchev–Trinajstić information content (AvgIpc) is 3.88. The number of hydrogen-bond acceptors (Lipinski definition) is 10. The molecule has 3 aromatic rings. The summed E-state index contributed by atoms with van der Waals surface area (Å²) in [5, 5.41) is 40.2. The molecule has 7 N–H and O–H groups in total. The maximum atomic E-state index is 14.8. The van der Waals surface area contributed by atoms with Gasteiger partial charge in [-0.05, 0) is 68.4 Å². The van der Waals surface area contributed by atoms with Crippen LogP contribution >= 0.6 is 0 Å². The van der Waals surface area contributed by atoms with Crippen LogP contribution in [0.3, 0.4) is 0 Å². The number of primary amides is 1. The first-order valence-electron chi connectivity index (χ1n) is 19.5. The number of nitrogens with two attached hydrogens (primary N) is 1. The van der Waals surface area contributed by atoms with Crippen LogP contribution in [-0.2, 0) is 24.8 Å². The van der Waals surface area contributed by atoms with Crippen molar-refractivity contribution in [1.82, 2.24) is 41.2 Å². The van der Waals surface area contributed by atoms with Crippen LogP contribution in [-0.4, -0.2) is 98.2 Å². The Hall–Kier alpha value is -5.89. The third-order valence-electron chi connectivity index (χ3n) is 10.7. The molecule has 2 aliphatic rings. The van der Waals surface area contributed by atoms with E-state index in [0.29, 0.717) is 30.5 Å². The van der Waals surface area contributed by atoms with Crippen molar-refractivity contribution in [2.45, 2.75) is 108 Å². The molecule has 304 valence electrons.